The fourth-order valence-electron chi connectivity index (χ4n) is 1.70. The average molecular weight is 246 g/mol. The number of aliphatic hydroxyl groups excluding tert-OH is 1. The third-order valence-electron chi connectivity index (χ3n) is 2.62. The monoisotopic (exact) mass is 246 g/mol. The summed E-state index contributed by atoms with van der Waals surface area (Å²) in [6, 6.07) is 13.2. The predicted molar refractivity (Wildman–Crippen MR) is 70.7 cm³/mol. The number of nitrogen functional groups attached to an aromatic ring is 1. The summed E-state index contributed by atoms with van der Waals surface area (Å²) < 4.78 is 12.9. The molecule has 1 atom stereocenters. The summed E-state index contributed by atoms with van der Waals surface area (Å²) in [6.45, 7) is 0.299. The standard InChI is InChI=1S/C14H15FN2O/c15-11-4-2-6-13(8-11)17-9-14(18)10-3-1-5-12(16)7-10/h1-8,14,17-18H,9,16H2. The first-order valence-electron chi connectivity index (χ1n) is 5.68. The van der Waals surface area contributed by atoms with Gasteiger partial charge in [-0.15, -0.1) is 0 Å². The molecule has 0 radical (unpaired) electrons. The molecular weight excluding hydrogens is 231 g/mol. The van der Waals surface area contributed by atoms with Crippen molar-refractivity contribution in [1.82, 2.24) is 0 Å². The van der Waals surface area contributed by atoms with Gasteiger partial charge in [0.25, 0.3) is 0 Å². The van der Waals surface area contributed by atoms with E-state index in [4.69, 9.17) is 5.73 Å². The van der Waals surface area contributed by atoms with E-state index in [1.807, 2.05) is 0 Å². The number of benzene rings is 2. The molecule has 4 N–H and O–H groups in total. The minimum Gasteiger partial charge on any atom is -0.399 e. The van der Waals surface area contributed by atoms with Crippen LogP contribution in [0.5, 0.6) is 0 Å². The lowest BCUT2D eigenvalue weighted by Crippen LogP contribution is -2.12. The lowest BCUT2D eigenvalue weighted by molar-refractivity contribution is 0.191. The van der Waals surface area contributed by atoms with Gasteiger partial charge in [-0.05, 0) is 35.9 Å². The molecule has 1 unspecified atom stereocenters. The minimum atomic E-state index is -0.684. The smallest absolute Gasteiger partial charge is 0.125 e. The molecule has 2 aromatic rings. The van der Waals surface area contributed by atoms with Crippen molar-refractivity contribution < 1.29 is 9.50 Å². The summed E-state index contributed by atoms with van der Waals surface area (Å²) in [5.41, 5.74) is 7.62. The summed E-state index contributed by atoms with van der Waals surface area (Å²) in [5, 5.41) is 12.9. The maximum atomic E-state index is 12.9. The van der Waals surface area contributed by atoms with E-state index in [2.05, 4.69) is 5.32 Å². The van der Waals surface area contributed by atoms with Gasteiger partial charge in [0.15, 0.2) is 0 Å². The molecule has 0 heterocycles. The Hall–Kier alpha value is -2.07. The number of anilines is 2. The second-order valence-electron chi connectivity index (χ2n) is 4.08. The highest BCUT2D eigenvalue weighted by Crippen LogP contribution is 2.17. The van der Waals surface area contributed by atoms with Gasteiger partial charge in [0, 0.05) is 17.9 Å². The van der Waals surface area contributed by atoms with Gasteiger partial charge in [0.1, 0.15) is 5.82 Å². The van der Waals surface area contributed by atoms with Crippen LogP contribution in [0.15, 0.2) is 48.5 Å². The van der Waals surface area contributed by atoms with Gasteiger partial charge in [-0.3, -0.25) is 0 Å². The van der Waals surface area contributed by atoms with Crippen LogP contribution in [-0.4, -0.2) is 11.7 Å². The van der Waals surface area contributed by atoms with Crippen molar-refractivity contribution in [3.63, 3.8) is 0 Å². The first kappa shape index (κ1) is 12.4. The largest absolute Gasteiger partial charge is 0.399 e. The third kappa shape index (κ3) is 3.21. The molecule has 94 valence electrons. The van der Waals surface area contributed by atoms with Crippen molar-refractivity contribution in [2.75, 3.05) is 17.6 Å². The highest BCUT2D eigenvalue weighted by molar-refractivity contribution is 5.44. The number of nitrogens with two attached hydrogens (primary N) is 1. The van der Waals surface area contributed by atoms with Crippen LogP contribution in [0.25, 0.3) is 0 Å². The van der Waals surface area contributed by atoms with Crippen molar-refractivity contribution in [3.05, 3.63) is 59.9 Å². The molecule has 2 rings (SSSR count). The van der Waals surface area contributed by atoms with Gasteiger partial charge in [-0.2, -0.15) is 0 Å². The fourth-order valence-corrected chi connectivity index (χ4v) is 1.70. The van der Waals surface area contributed by atoms with E-state index in [1.165, 1.54) is 12.1 Å². The molecule has 0 aromatic heterocycles. The number of hydrogen-bond donors (Lipinski definition) is 3. The maximum absolute atomic E-state index is 12.9. The Kier molecular flexibility index (Phi) is 3.79. The fraction of sp³-hybridized carbons (Fsp3) is 0.143. The summed E-state index contributed by atoms with van der Waals surface area (Å²) in [6.07, 6.45) is -0.684. The summed E-state index contributed by atoms with van der Waals surface area (Å²) >= 11 is 0. The molecule has 0 amide bonds. The normalized spacial score (nSPS) is 12.1. The summed E-state index contributed by atoms with van der Waals surface area (Å²) in [4.78, 5) is 0. The van der Waals surface area contributed by atoms with E-state index >= 15 is 0 Å². The Labute approximate surface area is 105 Å². The lowest BCUT2D eigenvalue weighted by atomic mass is 10.1. The minimum absolute atomic E-state index is 0.299. The topological polar surface area (TPSA) is 58.3 Å². The first-order chi connectivity index (χ1) is 8.65. The van der Waals surface area contributed by atoms with Crippen molar-refractivity contribution in [3.8, 4) is 0 Å². The molecule has 0 aliphatic heterocycles. The number of halogens is 1. The van der Waals surface area contributed by atoms with Crippen molar-refractivity contribution in [1.29, 1.82) is 0 Å². The summed E-state index contributed by atoms with van der Waals surface area (Å²) in [5.74, 6) is -0.307. The Morgan fingerprint density at radius 2 is 1.94 bits per heavy atom. The highest BCUT2D eigenvalue weighted by Gasteiger charge is 2.07. The quantitative estimate of drug-likeness (QED) is 0.727. The molecule has 0 fully saturated rings. The zero-order valence-electron chi connectivity index (χ0n) is 9.81. The van der Waals surface area contributed by atoms with Gasteiger partial charge in [0.2, 0.25) is 0 Å². The second kappa shape index (κ2) is 5.51. The van der Waals surface area contributed by atoms with Crippen LogP contribution in [0, 0.1) is 5.82 Å². The molecule has 0 aliphatic carbocycles. The Morgan fingerprint density at radius 1 is 1.17 bits per heavy atom. The van der Waals surface area contributed by atoms with Crippen LogP contribution in [-0.2, 0) is 0 Å². The van der Waals surface area contributed by atoms with Crippen LogP contribution in [0.2, 0.25) is 0 Å². The Balaban J connectivity index is 1.98. The van der Waals surface area contributed by atoms with Crippen molar-refractivity contribution >= 4 is 11.4 Å². The summed E-state index contributed by atoms with van der Waals surface area (Å²) in [7, 11) is 0. The molecule has 4 heteroatoms. The molecule has 0 spiro atoms. The number of nitrogens with one attached hydrogen (secondary N) is 1. The van der Waals surface area contributed by atoms with Gasteiger partial charge >= 0.3 is 0 Å². The van der Waals surface area contributed by atoms with E-state index in [1.54, 1.807) is 36.4 Å². The van der Waals surface area contributed by atoms with Crippen LogP contribution in [0.3, 0.4) is 0 Å². The molecular formula is C14H15FN2O. The Bertz CT molecular complexity index is 531. The second-order valence-corrected chi connectivity index (χ2v) is 4.08. The number of aliphatic hydroxyl groups is 1. The third-order valence-corrected chi connectivity index (χ3v) is 2.62. The van der Waals surface area contributed by atoms with Crippen molar-refractivity contribution in [2.45, 2.75) is 6.10 Å². The zero-order chi connectivity index (χ0) is 13.0. The van der Waals surface area contributed by atoms with E-state index in [0.717, 1.165) is 5.56 Å². The van der Waals surface area contributed by atoms with Gasteiger partial charge < -0.3 is 16.2 Å². The van der Waals surface area contributed by atoms with E-state index in [-0.39, 0.29) is 5.82 Å². The molecule has 3 nitrogen and oxygen atoms in total. The van der Waals surface area contributed by atoms with Gasteiger partial charge in [-0.1, -0.05) is 18.2 Å². The highest BCUT2D eigenvalue weighted by atomic mass is 19.1. The molecule has 0 aliphatic rings. The molecule has 18 heavy (non-hydrogen) atoms. The zero-order valence-corrected chi connectivity index (χ0v) is 9.81. The van der Waals surface area contributed by atoms with E-state index in [0.29, 0.717) is 17.9 Å². The lowest BCUT2D eigenvalue weighted by Gasteiger charge is -2.13. The number of rotatable bonds is 4. The molecule has 0 saturated carbocycles. The Morgan fingerprint density at radius 3 is 2.67 bits per heavy atom. The van der Waals surface area contributed by atoms with Gasteiger partial charge in [0.05, 0.1) is 6.10 Å². The predicted octanol–water partition coefficient (Wildman–Crippen LogP) is 2.55. The SMILES string of the molecule is Nc1cccc(C(O)CNc2cccc(F)c2)c1. The van der Waals surface area contributed by atoms with Crippen LogP contribution in [0.4, 0.5) is 15.8 Å². The maximum Gasteiger partial charge on any atom is 0.125 e. The number of hydrogen-bond acceptors (Lipinski definition) is 3. The van der Waals surface area contributed by atoms with Crippen molar-refractivity contribution in [2.24, 2.45) is 0 Å². The van der Waals surface area contributed by atoms with Crippen LogP contribution in [0.1, 0.15) is 11.7 Å². The molecule has 0 saturated heterocycles. The van der Waals surface area contributed by atoms with E-state index < -0.39 is 6.10 Å². The van der Waals surface area contributed by atoms with Crippen LogP contribution >= 0.6 is 0 Å². The van der Waals surface area contributed by atoms with Gasteiger partial charge in [-0.25, -0.2) is 4.39 Å². The molecule has 0 bridgehead atoms. The van der Waals surface area contributed by atoms with Crippen LogP contribution < -0.4 is 11.1 Å². The average Bonchev–Trinajstić information content (AvgIpc) is 2.36. The molecule has 2 aromatic carbocycles. The van der Waals surface area contributed by atoms with E-state index in [9.17, 15) is 9.50 Å². The first-order valence-corrected chi connectivity index (χ1v) is 5.68.